The van der Waals surface area contributed by atoms with E-state index in [0.717, 1.165) is 0 Å². The molecule has 0 saturated carbocycles. The fourth-order valence-corrected chi connectivity index (χ4v) is 2.03. The van der Waals surface area contributed by atoms with Crippen LogP contribution in [0.5, 0.6) is 11.5 Å². The Bertz CT molecular complexity index is 704. The topological polar surface area (TPSA) is 89.6 Å². The zero-order valence-electron chi connectivity index (χ0n) is 13.5. The molecule has 0 bridgehead atoms. The van der Waals surface area contributed by atoms with Crippen LogP contribution in [0.1, 0.15) is 20.7 Å². The molecule has 7 nitrogen and oxygen atoms in total. The molecule has 1 heterocycles. The summed E-state index contributed by atoms with van der Waals surface area (Å²) in [5.41, 5.74) is 0.926. The van der Waals surface area contributed by atoms with E-state index in [1.54, 1.807) is 36.5 Å². The number of rotatable bonds is 7. The zero-order valence-corrected chi connectivity index (χ0v) is 13.5. The van der Waals surface area contributed by atoms with Gasteiger partial charge in [-0.3, -0.25) is 14.6 Å². The van der Waals surface area contributed by atoms with Gasteiger partial charge in [-0.15, -0.1) is 0 Å². The van der Waals surface area contributed by atoms with Gasteiger partial charge in [0.2, 0.25) is 0 Å². The summed E-state index contributed by atoms with van der Waals surface area (Å²) in [5, 5.41) is 5.44. The predicted octanol–water partition coefficient (Wildman–Crippen LogP) is 1.26. The fourth-order valence-electron chi connectivity index (χ4n) is 2.03. The van der Waals surface area contributed by atoms with Crippen LogP contribution in [-0.2, 0) is 0 Å². The summed E-state index contributed by atoms with van der Waals surface area (Å²) in [6.07, 6.45) is 3.08. The van der Waals surface area contributed by atoms with Gasteiger partial charge in [-0.25, -0.2) is 0 Å². The molecular formula is C17H19N3O4. The molecule has 2 amide bonds. The number of pyridine rings is 1. The first kappa shape index (κ1) is 17.3. The number of aromatic nitrogens is 1. The lowest BCUT2D eigenvalue weighted by Gasteiger charge is -2.10. The molecule has 1 aromatic carbocycles. The average molecular weight is 329 g/mol. The van der Waals surface area contributed by atoms with Crippen molar-refractivity contribution in [3.63, 3.8) is 0 Å². The van der Waals surface area contributed by atoms with Crippen LogP contribution in [0.15, 0.2) is 42.7 Å². The highest BCUT2D eigenvalue weighted by Crippen LogP contribution is 2.27. The largest absolute Gasteiger partial charge is 0.493 e. The van der Waals surface area contributed by atoms with Gasteiger partial charge in [0.1, 0.15) is 0 Å². The highest BCUT2D eigenvalue weighted by atomic mass is 16.5. The maximum Gasteiger partial charge on any atom is 0.252 e. The minimum absolute atomic E-state index is 0.233. The second-order valence-corrected chi connectivity index (χ2v) is 4.82. The van der Waals surface area contributed by atoms with Crippen LogP contribution in [0.25, 0.3) is 0 Å². The van der Waals surface area contributed by atoms with Gasteiger partial charge in [0.05, 0.1) is 19.8 Å². The lowest BCUT2D eigenvalue weighted by atomic mass is 10.2. The molecular weight excluding hydrogens is 310 g/mol. The Morgan fingerprint density at radius 2 is 1.62 bits per heavy atom. The van der Waals surface area contributed by atoms with Crippen LogP contribution < -0.4 is 20.1 Å². The minimum atomic E-state index is -0.258. The van der Waals surface area contributed by atoms with Crippen molar-refractivity contribution < 1.29 is 19.1 Å². The molecule has 2 rings (SSSR count). The Morgan fingerprint density at radius 1 is 0.958 bits per heavy atom. The van der Waals surface area contributed by atoms with E-state index < -0.39 is 0 Å². The summed E-state index contributed by atoms with van der Waals surface area (Å²) in [4.78, 5) is 27.8. The molecule has 0 saturated heterocycles. The molecule has 2 N–H and O–H groups in total. The summed E-state index contributed by atoms with van der Waals surface area (Å²) < 4.78 is 10.3. The van der Waals surface area contributed by atoms with Crippen molar-refractivity contribution in [3.05, 3.63) is 53.9 Å². The smallest absolute Gasteiger partial charge is 0.252 e. The second-order valence-electron chi connectivity index (χ2n) is 4.82. The highest BCUT2D eigenvalue weighted by molar-refractivity contribution is 5.95. The Hall–Kier alpha value is -3.09. The summed E-state index contributed by atoms with van der Waals surface area (Å²) in [5.74, 6) is 0.544. The first-order valence-corrected chi connectivity index (χ1v) is 7.34. The van der Waals surface area contributed by atoms with Gasteiger partial charge in [0.15, 0.2) is 11.5 Å². The number of methoxy groups -OCH3 is 2. The van der Waals surface area contributed by atoms with Gasteiger partial charge in [-0.1, -0.05) is 0 Å². The summed E-state index contributed by atoms with van der Waals surface area (Å²) in [7, 11) is 3.04. The average Bonchev–Trinajstić information content (AvgIpc) is 2.64. The van der Waals surface area contributed by atoms with Crippen molar-refractivity contribution >= 4 is 11.8 Å². The number of hydrogen-bond acceptors (Lipinski definition) is 5. The summed E-state index contributed by atoms with van der Waals surface area (Å²) in [6.45, 7) is 0.617. The lowest BCUT2D eigenvalue weighted by molar-refractivity contribution is 0.0927. The summed E-state index contributed by atoms with van der Waals surface area (Å²) in [6, 6.07) is 8.27. The first-order chi connectivity index (χ1) is 11.7. The number of hydrogen-bond donors (Lipinski definition) is 2. The molecule has 0 fully saturated rings. The van der Waals surface area contributed by atoms with Crippen LogP contribution in [0, 0.1) is 0 Å². The molecule has 0 aliphatic rings. The predicted molar refractivity (Wildman–Crippen MR) is 88.4 cm³/mol. The van der Waals surface area contributed by atoms with E-state index in [0.29, 0.717) is 35.7 Å². The molecule has 0 radical (unpaired) electrons. The van der Waals surface area contributed by atoms with Crippen molar-refractivity contribution in [2.45, 2.75) is 0 Å². The molecule has 0 unspecified atom stereocenters. The summed E-state index contributed by atoms with van der Waals surface area (Å²) >= 11 is 0. The molecule has 2 aromatic rings. The van der Waals surface area contributed by atoms with Crippen LogP contribution in [-0.4, -0.2) is 44.1 Å². The molecule has 0 aliphatic heterocycles. The third-order valence-electron chi connectivity index (χ3n) is 3.27. The van der Waals surface area contributed by atoms with Gasteiger partial charge >= 0.3 is 0 Å². The molecule has 0 aliphatic carbocycles. The van der Waals surface area contributed by atoms with Crippen molar-refractivity contribution in [2.75, 3.05) is 27.3 Å². The van der Waals surface area contributed by atoms with E-state index in [4.69, 9.17) is 9.47 Å². The van der Waals surface area contributed by atoms with Crippen LogP contribution in [0.3, 0.4) is 0 Å². The van der Waals surface area contributed by atoms with Crippen molar-refractivity contribution in [3.8, 4) is 11.5 Å². The lowest BCUT2D eigenvalue weighted by Crippen LogP contribution is -2.34. The van der Waals surface area contributed by atoms with Gasteiger partial charge in [-0.2, -0.15) is 0 Å². The van der Waals surface area contributed by atoms with E-state index in [1.165, 1.54) is 20.4 Å². The molecule has 0 atom stereocenters. The van der Waals surface area contributed by atoms with E-state index in [9.17, 15) is 9.59 Å². The standard InChI is InChI=1S/C17H19N3O4/c1-23-14-6-5-12(10-15(14)24-2)16(21)19-8-9-20-17(22)13-4-3-7-18-11-13/h3-7,10-11H,8-9H2,1-2H3,(H,19,21)(H,20,22). The normalized spacial score (nSPS) is 9.92. The van der Waals surface area contributed by atoms with E-state index >= 15 is 0 Å². The molecule has 1 aromatic heterocycles. The molecule has 24 heavy (non-hydrogen) atoms. The number of carbonyl (C=O) groups excluding carboxylic acids is 2. The maximum atomic E-state index is 12.1. The Balaban J connectivity index is 1.82. The number of amides is 2. The maximum absolute atomic E-state index is 12.1. The number of benzene rings is 1. The van der Waals surface area contributed by atoms with Gasteiger partial charge in [-0.05, 0) is 30.3 Å². The molecule has 0 spiro atoms. The first-order valence-electron chi connectivity index (χ1n) is 7.34. The van der Waals surface area contributed by atoms with Gasteiger partial charge in [0, 0.05) is 31.0 Å². The zero-order chi connectivity index (χ0) is 17.4. The second kappa shape index (κ2) is 8.52. The van der Waals surface area contributed by atoms with Crippen molar-refractivity contribution in [2.24, 2.45) is 0 Å². The quantitative estimate of drug-likeness (QED) is 0.747. The minimum Gasteiger partial charge on any atom is -0.493 e. The van der Waals surface area contributed by atoms with Crippen LogP contribution in [0.4, 0.5) is 0 Å². The van der Waals surface area contributed by atoms with Crippen molar-refractivity contribution in [1.29, 1.82) is 0 Å². The van der Waals surface area contributed by atoms with Crippen LogP contribution in [0.2, 0.25) is 0 Å². The molecule has 7 heteroatoms. The van der Waals surface area contributed by atoms with E-state index in [-0.39, 0.29) is 11.8 Å². The Morgan fingerprint density at radius 3 is 2.21 bits per heavy atom. The van der Waals surface area contributed by atoms with E-state index in [1.807, 2.05) is 0 Å². The third-order valence-corrected chi connectivity index (χ3v) is 3.27. The monoisotopic (exact) mass is 329 g/mol. The number of nitrogens with one attached hydrogen (secondary N) is 2. The Labute approximate surface area is 140 Å². The SMILES string of the molecule is COc1ccc(C(=O)NCCNC(=O)c2cccnc2)cc1OC. The fraction of sp³-hybridized carbons (Fsp3) is 0.235. The highest BCUT2D eigenvalue weighted by Gasteiger charge is 2.10. The van der Waals surface area contributed by atoms with Crippen LogP contribution >= 0.6 is 0 Å². The van der Waals surface area contributed by atoms with Crippen molar-refractivity contribution in [1.82, 2.24) is 15.6 Å². The molecule has 126 valence electrons. The van der Waals surface area contributed by atoms with Gasteiger partial charge < -0.3 is 20.1 Å². The number of carbonyl (C=O) groups is 2. The third kappa shape index (κ3) is 4.45. The van der Waals surface area contributed by atoms with E-state index in [2.05, 4.69) is 15.6 Å². The number of nitrogens with zero attached hydrogens (tertiary/aromatic N) is 1. The number of ether oxygens (including phenoxy) is 2. The Kier molecular flexibility index (Phi) is 6.13. The van der Waals surface area contributed by atoms with Gasteiger partial charge in [0.25, 0.3) is 11.8 Å².